The molecule has 1 atom stereocenters. The Morgan fingerprint density at radius 3 is 1.14 bits per heavy atom. The zero-order chi connectivity index (χ0) is 46.3. The normalized spacial score (nSPS) is 12.5. The molecule has 0 aromatic heterocycles. The van der Waals surface area contributed by atoms with Gasteiger partial charge in [-0.3, -0.25) is 9.59 Å². The molecule has 0 aromatic rings. The van der Waals surface area contributed by atoms with Gasteiger partial charge in [0, 0.05) is 19.4 Å². The first kappa shape index (κ1) is 61.9. The van der Waals surface area contributed by atoms with Crippen LogP contribution in [0.3, 0.4) is 0 Å². The lowest BCUT2D eigenvalue weighted by Crippen LogP contribution is -2.30. The molecule has 1 unspecified atom stereocenters. The van der Waals surface area contributed by atoms with Crippen molar-refractivity contribution in [2.75, 3.05) is 19.8 Å². The van der Waals surface area contributed by atoms with Crippen LogP contribution in [-0.2, 0) is 23.8 Å². The summed E-state index contributed by atoms with van der Waals surface area (Å²) >= 11 is 0. The fourth-order valence-electron chi connectivity index (χ4n) is 8.17. The van der Waals surface area contributed by atoms with Gasteiger partial charge in [0.1, 0.15) is 6.61 Å². The van der Waals surface area contributed by atoms with Crippen molar-refractivity contribution < 1.29 is 23.8 Å². The standard InChI is InChI=1S/C59H108O5/c1-4-7-10-13-16-19-22-24-26-28-30-31-33-35-38-40-43-46-49-52-58(60)63-56-57(64-59(61)53-50-47-44-41-37-21-18-15-12-9-6-3)55-62-54-51-48-45-42-39-36-34-32-29-27-25-23-20-17-14-11-8-5-2/h8,11,17,20,24-27,57H,4-7,9-10,12-16,18-19,21-23,28-56H2,1-3H3/b11-8-,20-17-,26-24-,27-25-. The average molecular weight is 898 g/mol. The number of allylic oxidation sites excluding steroid dienone is 8. The number of hydrogen-bond donors (Lipinski definition) is 0. The third-order valence-electron chi connectivity index (χ3n) is 12.3. The molecule has 0 fully saturated rings. The van der Waals surface area contributed by atoms with Crippen molar-refractivity contribution in [2.24, 2.45) is 0 Å². The summed E-state index contributed by atoms with van der Waals surface area (Å²) < 4.78 is 17.5. The van der Waals surface area contributed by atoms with E-state index in [2.05, 4.69) is 69.4 Å². The largest absolute Gasteiger partial charge is 0.462 e. The Morgan fingerprint density at radius 1 is 0.359 bits per heavy atom. The second kappa shape index (κ2) is 55.2. The summed E-state index contributed by atoms with van der Waals surface area (Å²) in [5.41, 5.74) is 0. The molecule has 0 saturated heterocycles. The Kier molecular flexibility index (Phi) is 53.3. The number of esters is 2. The molecular formula is C59H108O5. The van der Waals surface area contributed by atoms with Crippen molar-refractivity contribution in [3.05, 3.63) is 48.6 Å². The summed E-state index contributed by atoms with van der Waals surface area (Å²) in [6, 6.07) is 0. The van der Waals surface area contributed by atoms with Gasteiger partial charge in [0.15, 0.2) is 6.10 Å². The van der Waals surface area contributed by atoms with Crippen molar-refractivity contribution in [1.82, 2.24) is 0 Å². The van der Waals surface area contributed by atoms with Crippen molar-refractivity contribution in [1.29, 1.82) is 0 Å². The van der Waals surface area contributed by atoms with Crippen LogP contribution in [0.4, 0.5) is 0 Å². The molecule has 0 aromatic carbocycles. The van der Waals surface area contributed by atoms with Crippen LogP contribution in [0.5, 0.6) is 0 Å². The predicted octanol–water partition coefficient (Wildman–Crippen LogP) is 19.1. The number of carbonyl (C=O) groups is 2. The highest BCUT2D eigenvalue weighted by molar-refractivity contribution is 5.70. The first-order chi connectivity index (χ1) is 31.6. The van der Waals surface area contributed by atoms with Gasteiger partial charge in [-0.15, -0.1) is 0 Å². The van der Waals surface area contributed by atoms with Crippen LogP contribution in [0.15, 0.2) is 48.6 Å². The quantitative estimate of drug-likeness (QED) is 0.0346. The molecule has 0 spiro atoms. The van der Waals surface area contributed by atoms with E-state index in [9.17, 15) is 9.59 Å². The predicted molar refractivity (Wildman–Crippen MR) is 279 cm³/mol. The molecule has 5 heteroatoms. The molecule has 0 saturated carbocycles. The zero-order valence-electron chi connectivity index (χ0n) is 43.1. The maximum Gasteiger partial charge on any atom is 0.306 e. The minimum absolute atomic E-state index is 0.0848. The Balaban J connectivity index is 4.19. The second-order valence-electron chi connectivity index (χ2n) is 18.8. The molecule has 0 rings (SSSR count). The van der Waals surface area contributed by atoms with E-state index in [-0.39, 0.29) is 25.2 Å². The number of carbonyl (C=O) groups excluding carboxylic acids is 2. The monoisotopic (exact) mass is 897 g/mol. The third kappa shape index (κ3) is 52.5. The van der Waals surface area contributed by atoms with Gasteiger partial charge >= 0.3 is 11.9 Å². The average Bonchev–Trinajstić information content (AvgIpc) is 3.30. The summed E-state index contributed by atoms with van der Waals surface area (Å²) in [5.74, 6) is -0.390. The second-order valence-corrected chi connectivity index (χ2v) is 18.8. The van der Waals surface area contributed by atoms with Crippen LogP contribution in [-0.4, -0.2) is 37.9 Å². The van der Waals surface area contributed by atoms with Crippen LogP contribution >= 0.6 is 0 Å². The maximum absolute atomic E-state index is 12.8. The molecule has 0 aliphatic rings. The fourth-order valence-corrected chi connectivity index (χ4v) is 8.17. The van der Waals surface area contributed by atoms with Gasteiger partial charge in [-0.1, -0.05) is 249 Å². The van der Waals surface area contributed by atoms with E-state index >= 15 is 0 Å². The van der Waals surface area contributed by atoms with Crippen LogP contribution in [0, 0.1) is 0 Å². The van der Waals surface area contributed by atoms with Gasteiger partial charge in [-0.2, -0.15) is 0 Å². The zero-order valence-corrected chi connectivity index (χ0v) is 43.1. The number of unbranched alkanes of at least 4 members (excludes halogenated alkanes) is 33. The molecule has 0 amide bonds. The van der Waals surface area contributed by atoms with Crippen molar-refractivity contribution >= 4 is 11.9 Å². The Morgan fingerprint density at radius 2 is 0.703 bits per heavy atom. The lowest BCUT2D eigenvalue weighted by atomic mass is 10.1. The number of ether oxygens (including phenoxy) is 3. The highest BCUT2D eigenvalue weighted by Crippen LogP contribution is 2.16. The molecule has 0 aliphatic carbocycles. The van der Waals surface area contributed by atoms with E-state index in [0.717, 1.165) is 57.8 Å². The molecule has 374 valence electrons. The van der Waals surface area contributed by atoms with Gasteiger partial charge in [-0.25, -0.2) is 0 Å². The topological polar surface area (TPSA) is 61.8 Å². The summed E-state index contributed by atoms with van der Waals surface area (Å²) in [6.45, 7) is 7.74. The van der Waals surface area contributed by atoms with Gasteiger partial charge in [0.05, 0.1) is 6.61 Å². The highest BCUT2D eigenvalue weighted by atomic mass is 16.6. The van der Waals surface area contributed by atoms with Crippen molar-refractivity contribution in [2.45, 2.75) is 297 Å². The maximum atomic E-state index is 12.8. The first-order valence-corrected chi connectivity index (χ1v) is 28.2. The van der Waals surface area contributed by atoms with Gasteiger partial charge in [-0.05, 0) is 77.0 Å². The third-order valence-corrected chi connectivity index (χ3v) is 12.3. The molecular weight excluding hydrogens is 789 g/mol. The van der Waals surface area contributed by atoms with E-state index in [1.54, 1.807) is 0 Å². The first-order valence-electron chi connectivity index (χ1n) is 28.2. The lowest BCUT2D eigenvalue weighted by molar-refractivity contribution is -0.163. The van der Waals surface area contributed by atoms with Crippen molar-refractivity contribution in [3.63, 3.8) is 0 Å². The molecule has 0 N–H and O–H groups in total. The molecule has 0 aliphatic heterocycles. The van der Waals surface area contributed by atoms with E-state index in [4.69, 9.17) is 14.2 Å². The summed E-state index contributed by atoms with van der Waals surface area (Å²) in [7, 11) is 0. The van der Waals surface area contributed by atoms with Crippen LogP contribution in [0.2, 0.25) is 0 Å². The molecule has 0 heterocycles. The highest BCUT2D eigenvalue weighted by Gasteiger charge is 2.17. The van der Waals surface area contributed by atoms with Crippen LogP contribution in [0.1, 0.15) is 290 Å². The Labute approximate surface area is 399 Å². The number of hydrogen-bond acceptors (Lipinski definition) is 5. The van der Waals surface area contributed by atoms with E-state index < -0.39 is 6.10 Å². The fraction of sp³-hybridized carbons (Fsp3) is 0.831. The van der Waals surface area contributed by atoms with Crippen LogP contribution in [0.25, 0.3) is 0 Å². The minimum Gasteiger partial charge on any atom is -0.462 e. The summed E-state index contributed by atoms with van der Waals surface area (Å²) in [4.78, 5) is 25.4. The lowest BCUT2D eigenvalue weighted by Gasteiger charge is -2.18. The smallest absolute Gasteiger partial charge is 0.306 e. The minimum atomic E-state index is -0.537. The van der Waals surface area contributed by atoms with E-state index in [0.29, 0.717) is 19.4 Å². The van der Waals surface area contributed by atoms with Gasteiger partial charge < -0.3 is 14.2 Å². The Hall–Kier alpha value is -2.14. The Bertz CT molecular complexity index is 1060. The van der Waals surface area contributed by atoms with Crippen LogP contribution < -0.4 is 0 Å². The SMILES string of the molecule is CC/C=C\C/C=C\C/C=C\CCCCCCCCCCOCC(COC(=O)CCCCCCCCCCC/C=C\CCCCCCCC)OC(=O)CCCCCCCCCCCCC. The van der Waals surface area contributed by atoms with Gasteiger partial charge in [0.25, 0.3) is 0 Å². The van der Waals surface area contributed by atoms with E-state index in [1.165, 1.54) is 199 Å². The van der Waals surface area contributed by atoms with E-state index in [1.807, 2.05) is 0 Å². The summed E-state index contributed by atoms with van der Waals surface area (Å²) in [5, 5.41) is 0. The molecule has 0 radical (unpaired) electrons. The number of rotatable bonds is 52. The molecule has 5 nitrogen and oxygen atoms in total. The van der Waals surface area contributed by atoms with Gasteiger partial charge in [0.2, 0.25) is 0 Å². The van der Waals surface area contributed by atoms with Crippen molar-refractivity contribution in [3.8, 4) is 0 Å². The molecule has 0 bridgehead atoms. The molecule has 64 heavy (non-hydrogen) atoms. The summed E-state index contributed by atoms with van der Waals surface area (Å²) in [6.07, 6.45) is 68.4.